The van der Waals surface area contributed by atoms with Gasteiger partial charge in [-0.25, -0.2) is 0 Å². The summed E-state index contributed by atoms with van der Waals surface area (Å²) in [7, 11) is 0. The highest BCUT2D eigenvalue weighted by Gasteiger charge is 2.28. The van der Waals surface area contributed by atoms with E-state index in [1.165, 1.54) is 25.7 Å². The SMILES string of the molecule is CC1CCNC(C)C1NC(=O)CCC1CCCC1. The van der Waals surface area contributed by atoms with Crippen molar-refractivity contribution >= 4 is 5.91 Å². The van der Waals surface area contributed by atoms with E-state index >= 15 is 0 Å². The van der Waals surface area contributed by atoms with Gasteiger partial charge in [-0.2, -0.15) is 0 Å². The van der Waals surface area contributed by atoms with Crippen molar-refractivity contribution in [2.45, 2.75) is 70.9 Å². The van der Waals surface area contributed by atoms with E-state index in [-0.39, 0.29) is 5.91 Å². The fourth-order valence-electron chi connectivity index (χ4n) is 3.50. The molecule has 1 saturated heterocycles. The van der Waals surface area contributed by atoms with Crippen LogP contribution in [0.4, 0.5) is 0 Å². The van der Waals surface area contributed by atoms with Gasteiger partial charge in [-0.3, -0.25) is 4.79 Å². The zero-order chi connectivity index (χ0) is 13.0. The minimum absolute atomic E-state index is 0.259. The van der Waals surface area contributed by atoms with Crippen LogP contribution in [-0.4, -0.2) is 24.5 Å². The lowest BCUT2D eigenvalue weighted by Crippen LogP contribution is -2.55. The third-order valence-electron chi connectivity index (χ3n) is 4.80. The van der Waals surface area contributed by atoms with E-state index in [0.717, 1.165) is 31.7 Å². The Labute approximate surface area is 111 Å². The van der Waals surface area contributed by atoms with Gasteiger partial charge in [-0.05, 0) is 38.1 Å². The normalized spacial score (nSPS) is 33.6. The predicted octanol–water partition coefficient (Wildman–Crippen LogP) is 2.46. The molecule has 0 spiro atoms. The molecule has 3 nitrogen and oxygen atoms in total. The molecule has 0 aromatic rings. The summed E-state index contributed by atoms with van der Waals surface area (Å²) in [4.78, 5) is 12.0. The summed E-state index contributed by atoms with van der Waals surface area (Å²) in [6.45, 7) is 5.51. The highest BCUT2D eigenvalue weighted by molar-refractivity contribution is 5.76. The summed E-state index contributed by atoms with van der Waals surface area (Å²) in [6.07, 6.45) is 8.39. The van der Waals surface area contributed by atoms with Gasteiger partial charge in [0.2, 0.25) is 5.91 Å². The van der Waals surface area contributed by atoms with Crippen molar-refractivity contribution in [2.75, 3.05) is 6.54 Å². The van der Waals surface area contributed by atoms with Gasteiger partial charge in [0, 0.05) is 18.5 Å². The molecule has 3 unspecified atom stereocenters. The molecular weight excluding hydrogens is 224 g/mol. The van der Waals surface area contributed by atoms with E-state index in [2.05, 4.69) is 24.5 Å². The van der Waals surface area contributed by atoms with Crippen LogP contribution in [0.15, 0.2) is 0 Å². The fourth-order valence-corrected chi connectivity index (χ4v) is 3.50. The molecule has 0 radical (unpaired) electrons. The smallest absolute Gasteiger partial charge is 0.220 e. The van der Waals surface area contributed by atoms with E-state index in [9.17, 15) is 4.79 Å². The lowest BCUT2D eigenvalue weighted by molar-refractivity contribution is -0.122. The van der Waals surface area contributed by atoms with Crippen LogP contribution in [0.1, 0.15) is 58.8 Å². The van der Waals surface area contributed by atoms with E-state index in [4.69, 9.17) is 0 Å². The fraction of sp³-hybridized carbons (Fsp3) is 0.933. The summed E-state index contributed by atoms with van der Waals surface area (Å²) in [6, 6.07) is 0.721. The highest BCUT2D eigenvalue weighted by Crippen LogP contribution is 2.28. The van der Waals surface area contributed by atoms with Crippen LogP contribution in [0.3, 0.4) is 0 Å². The number of rotatable bonds is 4. The summed E-state index contributed by atoms with van der Waals surface area (Å²) in [5, 5.41) is 6.69. The first kappa shape index (κ1) is 13.9. The van der Waals surface area contributed by atoms with Gasteiger partial charge < -0.3 is 10.6 Å². The Kier molecular flexibility index (Phi) is 5.04. The Morgan fingerprint density at radius 1 is 1.22 bits per heavy atom. The first-order chi connectivity index (χ1) is 8.66. The molecule has 104 valence electrons. The third-order valence-corrected chi connectivity index (χ3v) is 4.80. The molecule has 0 bridgehead atoms. The molecule has 3 heteroatoms. The van der Waals surface area contributed by atoms with Crippen LogP contribution in [0.5, 0.6) is 0 Å². The highest BCUT2D eigenvalue weighted by atomic mass is 16.1. The molecule has 1 heterocycles. The van der Waals surface area contributed by atoms with Gasteiger partial charge in [0.15, 0.2) is 0 Å². The van der Waals surface area contributed by atoms with E-state index < -0.39 is 0 Å². The molecule has 1 saturated carbocycles. The number of nitrogens with one attached hydrogen (secondary N) is 2. The average molecular weight is 252 g/mol. The van der Waals surface area contributed by atoms with Crippen molar-refractivity contribution in [1.82, 2.24) is 10.6 Å². The van der Waals surface area contributed by atoms with Gasteiger partial charge >= 0.3 is 0 Å². The van der Waals surface area contributed by atoms with Gasteiger partial charge in [0.25, 0.3) is 0 Å². The minimum atomic E-state index is 0.259. The molecular formula is C15H28N2O. The van der Waals surface area contributed by atoms with Crippen molar-refractivity contribution in [1.29, 1.82) is 0 Å². The molecule has 18 heavy (non-hydrogen) atoms. The molecule has 2 aliphatic rings. The molecule has 0 aromatic heterocycles. The second kappa shape index (κ2) is 6.55. The number of carbonyl (C=O) groups is 1. The van der Waals surface area contributed by atoms with Crippen LogP contribution >= 0.6 is 0 Å². The summed E-state index contributed by atoms with van der Waals surface area (Å²) >= 11 is 0. The number of hydrogen-bond acceptors (Lipinski definition) is 2. The maximum atomic E-state index is 12.0. The molecule has 2 N–H and O–H groups in total. The van der Waals surface area contributed by atoms with Crippen LogP contribution in [-0.2, 0) is 4.79 Å². The summed E-state index contributed by atoms with van der Waals surface area (Å²) in [5.74, 6) is 1.67. The monoisotopic (exact) mass is 252 g/mol. The zero-order valence-corrected chi connectivity index (χ0v) is 11.9. The number of amides is 1. The molecule has 1 aliphatic heterocycles. The van der Waals surface area contributed by atoms with Crippen LogP contribution in [0, 0.1) is 11.8 Å². The maximum Gasteiger partial charge on any atom is 0.220 e. The zero-order valence-electron chi connectivity index (χ0n) is 11.9. The molecule has 1 amide bonds. The minimum Gasteiger partial charge on any atom is -0.352 e. The predicted molar refractivity (Wildman–Crippen MR) is 74.4 cm³/mol. The van der Waals surface area contributed by atoms with Crippen molar-refractivity contribution in [3.63, 3.8) is 0 Å². The van der Waals surface area contributed by atoms with E-state index in [1.54, 1.807) is 0 Å². The Balaban J connectivity index is 1.71. The van der Waals surface area contributed by atoms with E-state index in [1.807, 2.05) is 0 Å². The summed E-state index contributed by atoms with van der Waals surface area (Å²) < 4.78 is 0. The Morgan fingerprint density at radius 2 is 1.94 bits per heavy atom. The lowest BCUT2D eigenvalue weighted by atomic mass is 9.89. The molecule has 2 rings (SSSR count). The van der Waals surface area contributed by atoms with E-state index in [0.29, 0.717) is 18.0 Å². The Morgan fingerprint density at radius 3 is 2.61 bits per heavy atom. The maximum absolute atomic E-state index is 12.0. The van der Waals surface area contributed by atoms with Gasteiger partial charge in [-0.1, -0.05) is 32.6 Å². The first-order valence-electron chi connectivity index (χ1n) is 7.69. The number of carbonyl (C=O) groups excluding carboxylic acids is 1. The molecule has 1 aliphatic carbocycles. The second-order valence-electron chi connectivity index (χ2n) is 6.29. The quantitative estimate of drug-likeness (QED) is 0.807. The Hall–Kier alpha value is -0.570. The molecule has 0 aromatic carbocycles. The van der Waals surface area contributed by atoms with Gasteiger partial charge in [0.05, 0.1) is 0 Å². The van der Waals surface area contributed by atoms with Crippen LogP contribution in [0.25, 0.3) is 0 Å². The standard InChI is InChI=1S/C15H28N2O/c1-11-9-10-16-12(2)15(11)17-14(18)8-7-13-5-3-4-6-13/h11-13,15-16H,3-10H2,1-2H3,(H,17,18). The van der Waals surface area contributed by atoms with Gasteiger partial charge in [0.1, 0.15) is 0 Å². The topological polar surface area (TPSA) is 41.1 Å². The second-order valence-corrected chi connectivity index (χ2v) is 6.29. The number of piperidine rings is 1. The van der Waals surface area contributed by atoms with Crippen molar-refractivity contribution in [3.05, 3.63) is 0 Å². The largest absolute Gasteiger partial charge is 0.352 e. The average Bonchev–Trinajstić information content (AvgIpc) is 2.84. The van der Waals surface area contributed by atoms with Crippen molar-refractivity contribution < 1.29 is 4.79 Å². The number of hydrogen-bond donors (Lipinski definition) is 2. The van der Waals surface area contributed by atoms with Crippen LogP contribution in [0.2, 0.25) is 0 Å². The molecule has 2 fully saturated rings. The Bertz CT molecular complexity index is 264. The third kappa shape index (κ3) is 3.71. The first-order valence-corrected chi connectivity index (χ1v) is 7.69. The van der Waals surface area contributed by atoms with Gasteiger partial charge in [-0.15, -0.1) is 0 Å². The van der Waals surface area contributed by atoms with Crippen molar-refractivity contribution in [3.8, 4) is 0 Å². The summed E-state index contributed by atoms with van der Waals surface area (Å²) in [5.41, 5.74) is 0. The van der Waals surface area contributed by atoms with Crippen LogP contribution < -0.4 is 10.6 Å². The lowest BCUT2D eigenvalue weighted by Gasteiger charge is -2.36. The van der Waals surface area contributed by atoms with Crippen molar-refractivity contribution in [2.24, 2.45) is 11.8 Å². The molecule has 3 atom stereocenters.